The SMILES string of the molecule is OCCCNc1nc2sc3c(c2c2ncnn12)CCCC3. The van der Waals surface area contributed by atoms with Crippen LogP contribution in [-0.2, 0) is 12.8 Å². The van der Waals surface area contributed by atoms with Crippen molar-refractivity contribution in [3.05, 3.63) is 16.8 Å². The van der Waals surface area contributed by atoms with Crippen molar-refractivity contribution in [2.24, 2.45) is 0 Å². The maximum atomic E-state index is 8.91. The molecule has 4 rings (SSSR count). The summed E-state index contributed by atoms with van der Waals surface area (Å²) in [4.78, 5) is 11.7. The van der Waals surface area contributed by atoms with Crippen LogP contribution in [0.4, 0.5) is 5.95 Å². The van der Waals surface area contributed by atoms with Crippen LogP contribution in [-0.4, -0.2) is 37.8 Å². The number of anilines is 1. The van der Waals surface area contributed by atoms with Gasteiger partial charge in [0, 0.05) is 18.0 Å². The minimum absolute atomic E-state index is 0.170. The van der Waals surface area contributed by atoms with Crippen molar-refractivity contribution in [1.82, 2.24) is 19.6 Å². The maximum absolute atomic E-state index is 8.91. The molecule has 0 spiro atoms. The number of hydrogen-bond donors (Lipinski definition) is 2. The van der Waals surface area contributed by atoms with Crippen LogP contribution in [0.5, 0.6) is 0 Å². The Morgan fingerprint density at radius 3 is 3.14 bits per heavy atom. The average molecular weight is 303 g/mol. The second kappa shape index (κ2) is 5.23. The lowest BCUT2D eigenvalue weighted by Gasteiger charge is -2.10. The predicted molar refractivity (Wildman–Crippen MR) is 83.0 cm³/mol. The molecule has 3 aromatic rings. The normalized spacial score (nSPS) is 14.7. The van der Waals surface area contributed by atoms with Gasteiger partial charge >= 0.3 is 0 Å². The van der Waals surface area contributed by atoms with Crippen molar-refractivity contribution in [2.75, 3.05) is 18.5 Å². The third-order valence-corrected chi connectivity index (χ3v) is 5.14. The summed E-state index contributed by atoms with van der Waals surface area (Å²) in [7, 11) is 0. The molecule has 7 heteroatoms. The summed E-state index contributed by atoms with van der Waals surface area (Å²) in [6.45, 7) is 0.845. The average Bonchev–Trinajstić information content (AvgIpc) is 3.10. The van der Waals surface area contributed by atoms with Crippen molar-refractivity contribution in [2.45, 2.75) is 32.1 Å². The molecule has 2 N–H and O–H groups in total. The molecule has 0 aromatic carbocycles. The van der Waals surface area contributed by atoms with E-state index < -0.39 is 0 Å². The van der Waals surface area contributed by atoms with Crippen LogP contribution in [0.1, 0.15) is 29.7 Å². The van der Waals surface area contributed by atoms with E-state index in [2.05, 4.69) is 15.4 Å². The monoisotopic (exact) mass is 303 g/mol. The fourth-order valence-corrected chi connectivity index (χ4v) is 4.22. The van der Waals surface area contributed by atoms with E-state index >= 15 is 0 Å². The van der Waals surface area contributed by atoms with Gasteiger partial charge in [0.15, 0.2) is 5.65 Å². The van der Waals surface area contributed by atoms with Crippen molar-refractivity contribution in [3.63, 3.8) is 0 Å². The van der Waals surface area contributed by atoms with Gasteiger partial charge in [-0.05, 0) is 37.7 Å². The number of hydrogen-bond acceptors (Lipinski definition) is 6. The zero-order valence-electron chi connectivity index (χ0n) is 11.7. The molecule has 0 unspecified atom stereocenters. The quantitative estimate of drug-likeness (QED) is 0.721. The van der Waals surface area contributed by atoms with Gasteiger partial charge in [0.05, 0.1) is 5.39 Å². The Labute approximate surface area is 125 Å². The zero-order valence-corrected chi connectivity index (χ0v) is 12.5. The number of rotatable bonds is 4. The van der Waals surface area contributed by atoms with Crippen molar-refractivity contribution in [3.8, 4) is 0 Å². The molecular formula is C14H17N5OS. The number of aliphatic hydroxyl groups is 1. The Morgan fingerprint density at radius 1 is 1.33 bits per heavy atom. The van der Waals surface area contributed by atoms with Crippen LogP contribution in [0.2, 0.25) is 0 Å². The number of fused-ring (bicyclic) bond motifs is 5. The number of nitrogens with zero attached hydrogens (tertiary/aromatic N) is 4. The van der Waals surface area contributed by atoms with Crippen LogP contribution in [0, 0.1) is 0 Å². The number of aryl methyl sites for hydroxylation is 2. The predicted octanol–water partition coefficient (Wildman–Crippen LogP) is 2.01. The summed E-state index contributed by atoms with van der Waals surface area (Å²) in [6.07, 6.45) is 7.07. The molecule has 0 atom stereocenters. The molecule has 0 amide bonds. The Morgan fingerprint density at radius 2 is 2.24 bits per heavy atom. The molecule has 0 fully saturated rings. The maximum Gasteiger partial charge on any atom is 0.227 e. The van der Waals surface area contributed by atoms with Gasteiger partial charge in [0.1, 0.15) is 11.2 Å². The highest BCUT2D eigenvalue weighted by Crippen LogP contribution is 2.37. The lowest BCUT2D eigenvalue weighted by Crippen LogP contribution is -2.10. The van der Waals surface area contributed by atoms with Crippen LogP contribution in [0.3, 0.4) is 0 Å². The standard InChI is InChI=1S/C14H17N5OS/c20-7-3-6-15-14-18-13-11(12-16-8-17-19(12)14)9-4-1-2-5-10(9)21-13/h8,20H,1-7H2,(H,15,18). The topological polar surface area (TPSA) is 75.3 Å². The summed E-state index contributed by atoms with van der Waals surface area (Å²) in [5, 5.41) is 17.6. The molecule has 0 saturated heterocycles. The zero-order chi connectivity index (χ0) is 14.2. The van der Waals surface area contributed by atoms with Crippen LogP contribution < -0.4 is 5.32 Å². The van der Waals surface area contributed by atoms with E-state index in [0.717, 1.165) is 23.3 Å². The van der Waals surface area contributed by atoms with E-state index in [9.17, 15) is 0 Å². The first-order chi connectivity index (χ1) is 10.4. The lowest BCUT2D eigenvalue weighted by atomic mass is 9.97. The van der Waals surface area contributed by atoms with Gasteiger partial charge in [-0.3, -0.25) is 0 Å². The Balaban J connectivity index is 1.89. The smallest absolute Gasteiger partial charge is 0.227 e. The first-order valence-corrected chi connectivity index (χ1v) is 8.19. The minimum Gasteiger partial charge on any atom is -0.396 e. The van der Waals surface area contributed by atoms with Gasteiger partial charge in [0.25, 0.3) is 0 Å². The highest BCUT2D eigenvalue weighted by molar-refractivity contribution is 7.19. The Kier molecular flexibility index (Phi) is 3.23. The molecule has 110 valence electrons. The van der Waals surface area contributed by atoms with Crippen LogP contribution in [0.25, 0.3) is 15.9 Å². The van der Waals surface area contributed by atoms with Crippen LogP contribution >= 0.6 is 11.3 Å². The minimum atomic E-state index is 0.170. The number of aliphatic hydroxyl groups excluding tert-OH is 1. The molecule has 0 bridgehead atoms. The largest absolute Gasteiger partial charge is 0.396 e. The highest BCUT2D eigenvalue weighted by atomic mass is 32.1. The molecule has 6 nitrogen and oxygen atoms in total. The van der Waals surface area contributed by atoms with Gasteiger partial charge in [-0.15, -0.1) is 11.3 Å². The first-order valence-electron chi connectivity index (χ1n) is 7.37. The number of thiophene rings is 1. The van der Waals surface area contributed by atoms with Crippen LogP contribution in [0.15, 0.2) is 6.33 Å². The van der Waals surface area contributed by atoms with Gasteiger partial charge in [-0.25, -0.2) is 9.97 Å². The van der Waals surface area contributed by atoms with Crippen molar-refractivity contribution < 1.29 is 5.11 Å². The van der Waals surface area contributed by atoms with Gasteiger partial charge < -0.3 is 10.4 Å². The van der Waals surface area contributed by atoms with E-state index in [1.165, 1.54) is 28.7 Å². The summed E-state index contributed by atoms with van der Waals surface area (Å²) >= 11 is 1.79. The summed E-state index contributed by atoms with van der Waals surface area (Å²) in [6, 6.07) is 0. The summed E-state index contributed by atoms with van der Waals surface area (Å²) < 4.78 is 1.78. The molecule has 0 radical (unpaired) electrons. The fourth-order valence-electron chi connectivity index (χ4n) is 2.97. The second-order valence-corrected chi connectivity index (χ2v) is 6.41. The van der Waals surface area contributed by atoms with Crippen molar-refractivity contribution in [1.29, 1.82) is 0 Å². The highest BCUT2D eigenvalue weighted by Gasteiger charge is 2.21. The molecule has 3 aromatic heterocycles. The molecule has 3 heterocycles. The van der Waals surface area contributed by atoms with Crippen molar-refractivity contribution >= 4 is 33.1 Å². The second-order valence-electron chi connectivity index (χ2n) is 5.33. The molecule has 0 saturated carbocycles. The Hall–Kier alpha value is -1.73. The fraction of sp³-hybridized carbons (Fsp3) is 0.500. The van der Waals surface area contributed by atoms with E-state index in [1.54, 1.807) is 22.2 Å². The summed E-state index contributed by atoms with van der Waals surface area (Å²) in [5.41, 5.74) is 2.32. The van der Waals surface area contributed by atoms with Gasteiger partial charge in [-0.1, -0.05) is 0 Å². The Bertz CT molecular complexity index is 793. The molecule has 1 aliphatic carbocycles. The number of nitrogens with one attached hydrogen (secondary N) is 1. The third kappa shape index (κ3) is 2.08. The van der Waals surface area contributed by atoms with E-state index in [4.69, 9.17) is 10.1 Å². The van der Waals surface area contributed by atoms with Gasteiger partial charge in [-0.2, -0.15) is 9.61 Å². The summed E-state index contributed by atoms with van der Waals surface area (Å²) in [5.74, 6) is 0.710. The molecule has 21 heavy (non-hydrogen) atoms. The third-order valence-electron chi connectivity index (χ3n) is 3.95. The lowest BCUT2D eigenvalue weighted by molar-refractivity contribution is 0.292. The molecule has 1 aliphatic rings. The first kappa shape index (κ1) is 13.0. The molecular weight excluding hydrogens is 286 g/mol. The van der Waals surface area contributed by atoms with E-state index in [1.807, 2.05) is 0 Å². The molecule has 0 aliphatic heterocycles. The number of aromatic nitrogens is 4. The van der Waals surface area contributed by atoms with E-state index in [-0.39, 0.29) is 6.61 Å². The van der Waals surface area contributed by atoms with E-state index in [0.29, 0.717) is 18.9 Å². The van der Waals surface area contributed by atoms with Gasteiger partial charge in [0.2, 0.25) is 5.95 Å².